The monoisotopic (exact) mass is 179 g/mol. The van der Waals surface area contributed by atoms with Crippen LogP contribution in [-0.4, -0.2) is 0 Å². The molecule has 13 heavy (non-hydrogen) atoms. The largest absolute Gasteiger partial charge is 0.207 e. The maximum atomic E-state index is 12.6. The van der Waals surface area contributed by atoms with Crippen molar-refractivity contribution in [3.8, 4) is 0 Å². The summed E-state index contributed by atoms with van der Waals surface area (Å²) in [5, 5.41) is 0. The molecular weight excluding hydrogens is 163 g/mol. The summed E-state index contributed by atoms with van der Waals surface area (Å²) < 4.78 is 12.6. The molecule has 71 valence electrons. The minimum Gasteiger partial charge on any atom is -0.207 e. The van der Waals surface area contributed by atoms with Crippen LogP contribution in [0.2, 0.25) is 0 Å². The Labute approximate surface area is 79.8 Å². The number of halogens is 1. The van der Waals surface area contributed by atoms with Crippen molar-refractivity contribution in [3.05, 3.63) is 42.6 Å². The van der Waals surface area contributed by atoms with Gasteiger partial charge in [-0.3, -0.25) is 0 Å². The minimum absolute atomic E-state index is 0.180. The quantitative estimate of drug-likeness (QED) is 0.662. The molecule has 1 heteroatoms. The highest BCUT2D eigenvalue weighted by Crippen LogP contribution is 2.22. The fraction of sp³-hybridized carbons (Fsp3) is 0.417. The molecule has 0 amide bonds. The summed E-state index contributed by atoms with van der Waals surface area (Å²) in [6.45, 7) is 8.39. The number of hydrogen-bond acceptors (Lipinski definition) is 0. The zero-order valence-electron chi connectivity index (χ0n) is 8.26. The van der Waals surface area contributed by atoms with Gasteiger partial charge in [-0.2, -0.15) is 0 Å². The lowest BCUT2D eigenvalue weighted by Crippen LogP contribution is -1.98. The lowest BCUT2D eigenvalue weighted by atomic mass is 9.92. The zero-order chi connectivity index (χ0) is 9.84. The standard InChI is InChI=1S/C12H16F/c1-9(2)8-10(3)11-4-6-12(13)7-5-11/h4-7,9-10H,3,8H2,1-2H3. The normalized spacial score (nSPS) is 13.3. The third-order valence-electron chi connectivity index (χ3n) is 2.10. The molecule has 1 aromatic carbocycles. The first-order chi connectivity index (χ1) is 6.09. The van der Waals surface area contributed by atoms with E-state index in [9.17, 15) is 4.39 Å². The molecule has 1 aromatic rings. The second-order valence-electron chi connectivity index (χ2n) is 3.88. The summed E-state index contributed by atoms with van der Waals surface area (Å²) in [6.07, 6.45) is 1.05. The maximum absolute atomic E-state index is 12.6. The van der Waals surface area contributed by atoms with Crippen molar-refractivity contribution in [2.24, 2.45) is 5.92 Å². The van der Waals surface area contributed by atoms with E-state index in [0.29, 0.717) is 5.92 Å². The van der Waals surface area contributed by atoms with E-state index in [4.69, 9.17) is 0 Å². The highest BCUT2D eigenvalue weighted by Gasteiger charge is 2.07. The minimum atomic E-state index is -0.180. The van der Waals surface area contributed by atoms with E-state index < -0.39 is 0 Å². The third kappa shape index (κ3) is 3.17. The first-order valence-corrected chi connectivity index (χ1v) is 4.68. The van der Waals surface area contributed by atoms with Crippen molar-refractivity contribution in [1.29, 1.82) is 0 Å². The first kappa shape index (κ1) is 10.2. The molecule has 1 radical (unpaired) electrons. The Balaban J connectivity index is 2.66. The van der Waals surface area contributed by atoms with Crippen molar-refractivity contribution in [2.75, 3.05) is 0 Å². The lowest BCUT2D eigenvalue weighted by molar-refractivity contribution is 0.547. The van der Waals surface area contributed by atoms with Gasteiger partial charge in [0.1, 0.15) is 5.82 Å². The van der Waals surface area contributed by atoms with Gasteiger partial charge in [0.05, 0.1) is 0 Å². The molecule has 0 aliphatic heterocycles. The smallest absolute Gasteiger partial charge is 0.123 e. The molecule has 0 heterocycles. The van der Waals surface area contributed by atoms with Crippen molar-refractivity contribution >= 4 is 0 Å². The van der Waals surface area contributed by atoms with E-state index in [2.05, 4.69) is 20.8 Å². The van der Waals surface area contributed by atoms with Crippen LogP contribution in [-0.2, 0) is 0 Å². The second kappa shape index (κ2) is 4.40. The highest BCUT2D eigenvalue weighted by atomic mass is 19.1. The van der Waals surface area contributed by atoms with E-state index in [0.717, 1.165) is 12.0 Å². The van der Waals surface area contributed by atoms with Gasteiger partial charge in [-0.15, -0.1) is 0 Å². The lowest BCUT2D eigenvalue weighted by Gasteiger charge is -2.13. The number of hydrogen-bond donors (Lipinski definition) is 0. The highest BCUT2D eigenvalue weighted by molar-refractivity contribution is 5.21. The van der Waals surface area contributed by atoms with Crippen LogP contribution in [0, 0.1) is 18.7 Å². The Morgan fingerprint density at radius 3 is 2.23 bits per heavy atom. The molecule has 0 saturated heterocycles. The molecular formula is C12H16F. The molecule has 1 unspecified atom stereocenters. The third-order valence-corrected chi connectivity index (χ3v) is 2.10. The predicted molar refractivity (Wildman–Crippen MR) is 54.0 cm³/mol. The van der Waals surface area contributed by atoms with E-state index in [1.165, 1.54) is 12.1 Å². The van der Waals surface area contributed by atoms with Crippen molar-refractivity contribution in [2.45, 2.75) is 26.2 Å². The van der Waals surface area contributed by atoms with Crippen LogP contribution >= 0.6 is 0 Å². The molecule has 1 atom stereocenters. The maximum Gasteiger partial charge on any atom is 0.123 e. The van der Waals surface area contributed by atoms with Crippen molar-refractivity contribution < 1.29 is 4.39 Å². The molecule has 0 N–H and O–H groups in total. The Kier molecular flexibility index (Phi) is 3.47. The van der Waals surface area contributed by atoms with Gasteiger partial charge < -0.3 is 0 Å². The van der Waals surface area contributed by atoms with Crippen LogP contribution in [0.1, 0.15) is 31.7 Å². The molecule has 0 aromatic heterocycles. The molecule has 0 fully saturated rings. The van der Waals surface area contributed by atoms with E-state index in [1.807, 2.05) is 12.1 Å². The Morgan fingerprint density at radius 1 is 1.23 bits per heavy atom. The zero-order valence-corrected chi connectivity index (χ0v) is 8.26. The molecule has 1 rings (SSSR count). The molecule has 0 aliphatic carbocycles. The van der Waals surface area contributed by atoms with Gasteiger partial charge in [-0.25, -0.2) is 4.39 Å². The van der Waals surface area contributed by atoms with E-state index >= 15 is 0 Å². The topological polar surface area (TPSA) is 0 Å². The molecule has 0 spiro atoms. The Bertz CT molecular complexity index is 248. The van der Waals surface area contributed by atoms with Gasteiger partial charge in [0.15, 0.2) is 0 Å². The van der Waals surface area contributed by atoms with Gasteiger partial charge in [-0.1, -0.05) is 26.0 Å². The van der Waals surface area contributed by atoms with Crippen molar-refractivity contribution in [1.82, 2.24) is 0 Å². The van der Waals surface area contributed by atoms with Gasteiger partial charge in [-0.05, 0) is 42.9 Å². The van der Waals surface area contributed by atoms with Gasteiger partial charge in [0.25, 0.3) is 0 Å². The predicted octanol–water partition coefficient (Wildman–Crippen LogP) is 3.79. The summed E-state index contributed by atoms with van der Waals surface area (Å²) in [7, 11) is 0. The summed E-state index contributed by atoms with van der Waals surface area (Å²) in [6, 6.07) is 6.62. The van der Waals surface area contributed by atoms with Gasteiger partial charge in [0.2, 0.25) is 0 Å². The van der Waals surface area contributed by atoms with Crippen LogP contribution < -0.4 is 0 Å². The van der Waals surface area contributed by atoms with Crippen LogP contribution in [0.15, 0.2) is 24.3 Å². The average molecular weight is 179 g/mol. The fourth-order valence-electron chi connectivity index (χ4n) is 1.44. The number of benzene rings is 1. The molecule has 0 nitrogen and oxygen atoms in total. The molecule has 0 saturated carbocycles. The van der Waals surface area contributed by atoms with Crippen LogP contribution in [0.5, 0.6) is 0 Å². The van der Waals surface area contributed by atoms with E-state index in [1.54, 1.807) is 0 Å². The Hall–Kier alpha value is -0.850. The fourth-order valence-corrected chi connectivity index (χ4v) is 1.44. The van der Waals surface area contributed by atoms with Crippen LogP contribution in [0.4, 0.5) is 4.39 Å². The first-order valence-electron chi connectivity index (χ1n) is 4.68. The number of rotatable bonds is 3. The van der Waals surface area contributed by atoms with E-state index in [-0.39, 0.29) is 11.7 Å². The summed E-state index contributed by atoms with van der Waals surface area (Å²) in [5.41, 5.74) is 1.12. The molecule has 0 bridgehead atoms. The second-order valence-corrected chi connectivity index (χ2v) is 3.88. The summed E-state index contributed by atoms with van der Waals surface area (Å²) in [4.78, 5) is 0. The average Bonchev–Trinajstić information content (AvgIpc) is 2.04. The Morgan fingerprint density at radius 2 is 1.77 bits per heavy atom. The summed E-state index contributed by atoms with van der Waals surface area (Å²) >= 11 is 0. The van der Waals surface area contributed by atoms with Crippen molar-refractivity contribution in [3.63, 3.8) is 0 Å². The molecule has 0 aliphatic rings. The van der Waals surface area contributed by atoms with Gasteiger partial charge >= 0.3 is 0 Å². The van der Waals surface area contributed by atoms with Gasteiger partial charge in [0, 0.05) is 0 Å². The summed E-state index contributed by atoms with van der Waals surface area (Å²) in [5.74, 6) is 0.730. The van der Waals surface area contributed by atoms with Crippen LogP contribution in [0.3, 0.4) is 0 Å². The van der Waals surface area contributed by atoms with Crippen LogP contribution in [0.25, 0.3) is 0 Å². The SMILES string of the molecule is [CH2]C(CC(C)C)c1ccc(F)cc1.